The van der Waals surface area contributed by atoms with Gasteiger partial charge in [-0.25, -0.2) is 0 Å². The number of nitrogens with one attached hydrogen (secondary N) is 1. The molecule has 2 aromatic rings. The van der Waals surface area contributed by atoms with E-state index in [1.165, 1.54) is 5.56 Å². The summed E-state index contributed by atoms with van der Waals surface area (Å²) < 4.78 is 0. The SMILES string of the molecule is CC(C)C(C(=O)Nc1ccc(C(=O)N2CCc3ccccc32)cc1)N1CCCC1=O. The van der Waals surface area contributed by atoms with Crippen molar-refractivity contribution in [1.82, 2.24) is 4.90 Å². The van der Waals surface area contributed by atoms with E-state index in [1.807, 2.05) is 32.0 Å². The first-order valence-electron chi connectivity index (χ1n) is 10.6. The van der Waals surface area contributed by atoms with Crippen LogP contribution >= 0.6 is 0 Å². The molecule has 1 fully saturated rings. The number of nitrogens with zero attached hydrogens (tertiary/aromatic N) is 2. The summed E-state index contributed by atoms with van der Waals surface area (Å²) in [5.74, 6) is -0.174. The second-order valence-corrected chi connectivity index (χ2v) is 8.28. The summed E-state index contributed by atoms with van der Waals surface area (Å²) in [5.41, 5.74) is 3.36. The maximum atomic E-state index is 12.9. The highest BCUT2D eigenvalue weighted by atomic mass is 16.2. The van der Waals surface area contributed by atoms with Crippen LogP contribution in [0.15, 0.2) is 48.5 Å². The summed E-state index contributed by atoms with van der Waals surface area (Å²) in [7, 11) is 0. The van der Waals surface area contributed by atoms with Crippen LogP contribution < -0.4 is 10.2 Å². The van der Waals surface area contributed by atoms with E-state index >= 15 is 0 Å². The van der Waals surface area contributed by atoms with Crippen molar-refractivity contribution < 1.29 is 14.4 Å². The van der Waals surface area contributed by atoms with Gasteiger partial charge in [0.15, 0.2) is 0 Å². The van der Waals surface area contributed by atoms with Crippen LogP contribution in [0.25, 0.3) is 0 Å². The maximum Gasteiger partial charge on any atom is 0.258 e. The van der Waals surface area contributed by atoms with Gasteiger partial charge in [0.25, 0.3) is 5.91 Å². The molecule has 0 bridgehead atoms. The zero-order chi connectivity index (χ0) is 21.3. The van der Waals surface area contributed by atoms with E-state index in [0.29, 0.717) is 30.8 Å². The number of fused-ring (bicyclic) bond motifs is 1. The second-order valence-electron chi connectivity index (χ2n) is 8.28. The topological polar surface area (TPSA) is 69.7 Å². The zero-order valence-electron chi connectivity index (χ0n) is 17.4. The first-order chi connectivity index (χ1) is 14.5. The Morgan fingerprint density at radius 1 is 0.967 bits per heavy atom. The van der Waals surface area contributed by atoms with E-state index < -0.39 is 6.04 Å². The van der Waals surface area contributed by atoms with E-state index in [0.717, 1.165) is 18.5 Å². The van der Waals surface area contributed by atoms with Gasteiger partial charge in [-0.05, 0) is 54.7 Å². The lowest BCUT2D eigenvalue weighted by molar-refractivity contribution is -0.136. The number of likely N-dealkylation sites (tertiary alicyclic amines) is 1. The quantitative estimate of drug-likeness (QED) is 0.828. The second kappa shape index (κ2) is 8.30. The molecule has 1 unspecified atom stereocenters. The van der Waals surface area contributed by atoms with Crippen LogP contribution in [0.3, 0.4) is 0 Å². The number of carbonyl (C=O) groups excluding carboxylic acids is 3. The van der Waals surface area contributed by atoms with Gasteiger partial charge in [-0.3, -0.25) is 14.4 Å². The fraction of sp³-hybridized carbons (Fsp3) is 0.375. The van der Waals surface area contributed by atoms with Gasteiger partial charge in [0.1, 0.15) is 6.04 Å². The van der Waals surface area contributed by atoms with Crippen LogP contribution in [0.5, 0.6) is 0 Å². The molecule has 1 N–H and O–H groups in total. The number of carbonyl (C=O) groups is 3. The van der Waals surface area contributed by atoms with Gasteiger partial charge in [-0.2, -0.15) is 0 Å². The highest BCUT2D eigenvalue weighted by Crippen LogP contribution is 2.29. The van der Waals surface area contributed by atoms with Crippen LogP contribution in [-0.4, -0.2) is 41.8 Å². The third kappa shape index (κ3) is 3.82. The normalized spacial score (nSPS) is 16.7. The largest absolute Gasteiger partial charge is 0.330 e. The predicted octanol–water partition coefficient (Wildman–Crippen LogP) is 3.48. The summed E-state index contributed by atoms with van der Waals surface area (Å²) in [4.78, 5) is 41.4. The Balaban J connectivity index is 1.45. The fourth-order valence-corrected chi connectivity index (χ4v) is 4.38. The minimum Gasteiger partial charge on any atom is -0.330 e. The molecular formula is C24H27N3O3. The van der Waals surface area contributed by atoms with Gasteiger partial charge in [0, 0.05) is 36.4 Å². The first kappa shape index (κ1) is 20.1. The van der Waals surface area contributed by atoms with Gasteiger partial charge in [0.05, 0.1) is 0 Å². The van der Waals surface area contributed by atoms with Crippen molar-refractivity contribution in [3.8, 4) is 0 Å². The highest BCUT2D eigenvalue weighted by Gasteiger charge is 2.35. The van der Waals surface area contributed by atoms with Gasteiger partial charge in [0.2, 0.25) is 11.8 Å². The summed E-state index contributed by atoms with van der Waals surface area (Å²) in [5, 5.41) is 2.91. The molecule has 0 saturated carbocycles. The van der Waals surface area contributed by atoms with Gasteiger partial charge < -0.3 is 15.1 Å². The van der Waals surface area contributed by atoms with Crippen molar-refractivity contribution in [2.75, 3.05) is 23.3 Å². The lowest BCUT2D eigenvalue weighted by Gasteiger charge is -2.29. The average molecular weight is 405 g/mol. The molecule has 2 heterocycles. The number of rotatable bonds is 5. The third-order valence-electron chi connectivity index (χ3n) is 5.88. The number of benzene rings is 2. The van der Waals surface area contributed by atoms with Crippen LogP contribution in [0, 0.1) is 5.92 Å². The summed E-state index contributed by atoms with van der Waals surface area (Å²) >= 11 is 0. The smallest absolute Gasteiger partial charge is 0.258 e. The monoisotopic (exact) mass is 405 g/mol. The van der Waals surface area contributed by atoms with E-state index in [9.17, 15) is 14.4 Å². The molecule has 4 rings (SSSR count). The molecule has 6 nitrogen and oxygen atoms in total. The molecule has 0 aliphatic carbocycles. The van der Waals surface area contributed by atoms with Crippen LogP contribution in [0.2, 0.25) is 0 Å². The number of para-hydroxylation sites is 1. The molecule has 1 atom stereocenters. The van der Waals surface area contributed by atoms with Gasteiger partial charge in [-0.1, -0.05) is 32.0 Å². The minimum atomic E-state index is -0.484. The van der Waals surface area contributed by atoms with E-state index in [-0.39, 0.29) is 23.6 Å². The molecule has 1 saturated heterocycles. The summed E-state index contributed by atoms with van der Waals surface area (Å²) in [6, 6.07) is 14.4. The van der Waals surface area contributed by atoms with Crippen LogP contribution in [-0.2, 0) is 16.0 Å². The molecule has 0 spiro atoms. The fourth-order valence-electron chi connectivity index (χ4n) is 4.38. The third-order valence-corrected chi connectivity index (χ3v) is 5.88. The molecule has 0 radical (unpaired) electrons. The van der Waals surface area contributed by atoms with Crippen molar-refractivity contribution >= 4 is 29.1 Å². The van der Waals surface area contributed by atoms with Crippen LogP contribution in [0.4, 0.5) is 11.4 Å². The zero-order valence-corrected chi connectivity index (χ0v) is 17.4. The molecule has 2 aliphatic rings. The Morgan fingerprint density at radius 3 is 2.37 bits per heavy atom. The molecule has 30 heavy (non-hydrogen) atoms. The molecule has 3 amide bonds. The number of hydrogen-bond donors (Lipinski definition) is 1. The Labute approximate surface area is 176 Å². The minimum absolute atomic E-state index is 0.0168. The molecule has 6 heteroatoms. The van der Waals surface area contributed by atoms with Crippen molar-refractivity contribution in [1.29, 1.82) is 0 Å². The molecular weight excluding hydrogens is 378 g/mol. The van der Waals surface area contributed by atoms with Crippen LogP contribution in [0.1, 0.15) is 42.6 Å². The van der Waals surface area contributed by atoms with E-state index in [4.69, 9.17) is 0 Å². The van der Waals surface area contributed by atoms with E-state index in [2.05, 4.69) is 11.4 Å². The molecule has 0 aromatic heterocycles. The van der Waals surface area contributed by atoms with Gasteiger partial charge >= 0.3 is 0 Å². The Bertz CT molecular complexity index is 968. The molecule has 2 aromatic carbocycles. The first-order valence-corrected chi connectivity index (χ1v) is 10.6. The standard InChI is InChI=1S/C24H27N3O3/c1-16(2)22(27-14-5-8-21(27)28)23(29)25-19-11-9-18(10-12-19)24(30)26-15-13-17-6-3-4-7-20(17)26/h3-4,6-7,9-12,16,22H,5,8,13-15H2,1-2H3,(H,25,29). The van der Waals surface area contributed by atoms with Gasteiger partial charge in [-0.15, -0.1) is 0 Å². The van der Waals surface area contributed by atoms with Crippen molar-refractivity contribution in [2.24, 2.45) is 5.92 Å². The summed E-state index contributed by atoms with van der Waals surface area (Å²) in [6.45, 7) is 5.20. The van der Waals surface area contributed by atoms with Crippen molar-refractivity contribution in [2.45, 2.75) is 39.2 Å². The molecule has 2 aliphatic heterocycles. The Hall–Kier alpha value is -3.15. The summed E-state index contributed by atoms with van der Waals surface area (Å²) in [6.07, 6.45) is 2.17. The average Bonchev–Trinajstić information content (AvgIpc) is 3.34. The van der Waals surface area contributed by atoms with Crippen molar-refractivity contribution in [3.05, 3.63) is 59.7 Å². The predicted molar refractivity (Wildman–Crippen MR) is 116 cm³/mol. The van der Waals surface area contributed by atoms with E-state index in [1.54, 1.807) is 34.1 Å². The number of hydrogen-bond acceptors (Lipinski definition) is 3. The number of amides is 3. The highest BCUT2D eigenvalue weighted by molar-refractivity contribution is 6.07. The maximum absolute atomic E-state index is 12.9. The lowest BCUT2D eigenvalue weighted by atomic mass is 10.0. The lowest BCUT2D eigenvalue weighted by Crippen LogP contribution is -2.47. The Morgan fingerprint density at radius 2 is 1.70 bits per heavy atom. The van der Waals surface area contributed by atoms with Crippen molar-refractivity contribution in [3.63, 3.8) is 0 Å². The number of anilines is 2. The molecule has 156 valence electrons. The Kier molecular flexibility index (Phi) is 5.57.